The Morgan fingerprint density at radius 3 is 2.71 bits per heavy atom. The van der Waals surface area contributed by atoms with E-state index in [0.717, 1.165) is 0 Å². The van der Waals surface area contributed by atoms with Crippen molar-refractivity contribution in [2.75, 3.05) is 20.2 Å². The number of esters is 1. The van der Waals surface area contributed by atoms with Crippen molar-refractivity contribution >= 4 is 5.97 Å². The van der Waals surface area contributed by atoms with E-state index in [4.69, 9.17) is 4.74 Å². The van der Waals surface area contributed by atoms with E-state index in [9.17, 15) is 4.79 Å². The zero-order valence-corrected chi connectivity index (χ0v) is 8.14. The maximum Gasteiger partial charge on any atom is 0.320 e. The molecule has 2 rings (SSSR count). The Bertz CT molecular complexity index is 323. The molecule has 1 saturated heterocycles. The molecule has 1 fully saturated rings. The molecule has 1 heterocycles. The molecular formula is C11H13NO2. The van der Waals surface area contributed by atoms with Gasteiger partial charge in [-0.3, -0.25) is 9.69 Å². The second-order valence-electron chi connectivity index (χ2n) is 3.52. The van der Waals surface area contributed by atoms with Gasteiger partial charge in [-0.25, -0.2) is 0 Å². The van der Waals surface area contributed by atoms with Crippen molar-refractivity contribution in [2.24, 2.45) is 0 Å². The van der Waals surface area contributed by atoms with Crippen LogP contribution in [0.25, 0.3) is 0 Å². The number of ether oxygens (including phenoxy) is 1. The smallest absolute Gasteiger partial charge is 0.320 e. The minimum absolute atomic E-state index is 0.139. The van der Waals surface area contributed by atoms with E-state index in [1.54, 1.807) is 0 Å². The first-order valence-electron chi connectivity index (χ1n) is 4.68. The van der Waals surface area contributed by atoms with Crippen LogP contribution in [0, 0.1) is 0 Å². The molecule has 0 saturated carbocycles. The van der Waals surface area contributed by atoms with Crippen LogP contribution < -0.4 is 0 Å². The summed E-state index contributed by atoms with van der Waals surface area (Å²) in [6.07, 6.45) is 0. The Kier molecular flexibility index (Phi) is 2.50. The van der Waals surface area contributed by atoms with Crippen molar-refractivity contribution in [3.63, 3.8) is 0 Å². The van der Waals surface area contributed by atoms with Crippen LogP contribution in [-0.2, 0) is 9.53 Å². The van der Waals surface area contributed by atoms with Gasteiger partial charge in [0.25, 0.3) is 0 Å². The number of rotatable bonds is 1. The topological polar surface area (TPSA) is 29.5 Å². The Morgan fingerprint density at radius 1 is 1.36 bits per heavy atom. The number of hydrogen-bond acceptors (Lipinski definition) is 3. The van der Waals surface area contributed by atoms with Crippen LogP contribution in [0.1, 0.15) is 11.6 Å². The van der Waals surface area contributed by atoms with Crippen LogP contribution in [0.15, 0.2) is 30.3 Å². The van der Waals surface area contributed by atoms with Crippen LogP contribution in [0.2, 0.25) is 0 Å². The third kappa shape index (κ3) is 1.77. The third-order valence-electron chi connectivity index (χ3n) is 2.50. The molecule has 0 spiro atoms. The monoisotopic (exact) mass is 191 g/mol. The fraction of sp³-hybridized carbons (Fsp3) is 0.364. The van der Waals surface area contributed by atoms with Crippen LogP contribution in [0.5, 0.6) is 0 Å². The molecule has 1 aromatic rings. The van der Waals surface area contributed by atoms with E-state index in [1.165, 1.54) is 5.56 Å². The largest absolute Gasteiger partial charge is 0.463 e. The molecule has 1 atom stereocenters. The van der Waals surface area contributed by atoms with Gasteiger partial charge in [-0.1, -0.05) is 30.3 Å². The Morgan fingerprint density at radius 2 is 2.07 bits per heavy atom. The maximum absolute atomic E-state index is 11.0. The van der Waals surface area contributed by atoms with Crippen molar-refractivity contribution in [3.05, 3.63) is 35.9 Å². The van der Waals surface area contributed by atoms with E-state index in [-0.39, 0.29) is 12.0 Å². The summed E-state index contributed by atoms with van der Waals surface area (Å²) in [7, 11) is 1.94. The number of benzene rings is 1. The fourth-order valence-electron chi connectivity index (χ4n) is 1.68. The third-order valence-corrected chi connectivity index (χ3v) is 2.50. The lowest BCUT2D eigenvalue weighted by atomic mass is 10.1. The molecule has 74 valence electrons. The van der Waals surface area contributed by atoms with Gasteiger partial charge in [0.1, 0.15) is 6.61 Å². The van der Waals surface area contributed by atoms with Crippen LogP contribution in [0.4, 0.5) is 0 Å². The average Bonchev–Trinajstić information content (AvgIpc) is 2.19. The molecule has 0 radical (unpaired) electrons. The molecule has 0 aromatic heterocycles. The Labute approximate surface area is 83.3 Å². The van der Waals surface area contributed by atoms with E-state index < -0.39 is 0 Å². The van der Waals surface area contributed by atoms with Crippen molar-refractivity contribution in [3.8, 4) is 0 Å². The minimum Gasteiger partial charge on any atom is -0.463 e. The number of morpholine rings is 1. The van der Waals surface area contributed by atoms with E-state index in [0.29, 0.717) is 13.2 Å². The molecule has 0 aliphatic carbocycles. The highest BCUT2D eigenvalue weighted by Crippen LogP contribution is 2.22. The highest BCUT2D eigenvalue weighted by molar-refractivity contribution is 5.72. The number of likely N-dealkylation sites (N-methyl/N-ethyl adjacent to an activating group) is 1. The standard InChI is InChI=1S/C11H13NO2/c1-12-7-11(13)14-8-10(12)9-5-3-2-4-6-9/h2-6,10H,7-8H2,1H3/t10-/m1/s1. The average molecular weight is 191 g/mol. The zero-order valence-electron chi connectivity index (χ0n) is 8.14. The first-order valence-corrected chi connectivity index (χ1v) is 4.68. The number of carbonyl (C=O) groups is 1. The molecule has 1 aliphatic rings. The van der Waals surface area contributed by atoms with Crippen LogP contribution >= 0.6 is 0 Å². The first-order chi connectivity index (χ1) is 6.77. The van der Waals surface area contributed by atoms with Crippen molar-refractivity contribution in [1.29, 1.82) is 0 Å². The predicted molar refractivity (Wildman–Crippen MR) is 52.8 cm³/mol. The summed E-state index contributed by atoms with van der Waals surface area (Å²) < 4.78 is 5.03. The molecule has 0 N–H and O–H groups in total. The number of nitrogens with zero attached hydrogens (tertiary/aromatic N) is 1. The summed E-state index contributed by atoms with van der Waals surface area (Å²) in [5, 5.41) is 0. The highest BCUT2D eigenvalue weighted by atomic mass is 16.5. The molecule has 3 nitrogen and oxygen atoms in total. The van der Waals surface area contributed by atoms with Gasteiger partial charge < -0.3 is 4.74 Å². The summed E-state index contributed by atoms with van der Waals surface area (Å²) in [5.74, 6) is -0.139. The lowest BCUT2D eigenvalue weighted by Gasteiger charge is -2.31. The van der Waals surface area contributed by atoms with Gasteiger partial charge in [0.15, 0.2) is 0 Å². The second kappa shape index (κ2) is 3.80. The summed E-state index contributed by atoms with van der Waals surface area (Å²) in [6.45, 7) is 0.832. The van der Waals surface area contributed by atoms with Gasteiger partial charge in [-0.15, -0.1) is 0 Å². The fourth-order valence-corrected chi connectivity index (χ4v) is 1.68. The predicted octanol–water partition coefficient (Wildman–Crippen LogP) is 1.22. The van der Waals surface area contributed by atoms with Crippen LogP contribution in [0.3, 0.4) is 0 Å². The molecule has 3 heteroatoms. The van der Waals surface area contributed by atoms with Crippen molar-refractivity contribution in [2.45, 2.75) is 6.04 Å². The van der Waals surface area contributed by atoms with Crippen molar-refractivity contribution < 1.29 is 9.53 Å². The molecule has 0 bridgehead atoms. The highest BCUT2D eigenvalue weighted by Gasteiger charge is 2.25. The minimum atomic E-state index is -0.139. The summed E-state index contributed by atoms with van der Waals surface area (Å²) in [5.41, 5.74) is 1.20. The van der Waals surface area contributed by atoms with Crippen molar-refractivity contribution in [1.82, 2.24) is 4.90 Å². The van der Waals surface area contributed by atoms with Gasteiger partial charge >= 0.3 is 5.97 Å². The lowest BCUT2D eigenvalue weighted by molar-refractivity contribution is -0.153. The van der Waals surface area contributed by atoms with Gasteiger partial charge in [0.05, 0.1) is 12.6 Å². The van der Waals surface area contributed by atoms with E-state index in [1.807, 2.05) is 30.1 Å². The summed E-state index contributed by atoms with van der Waals surface area (Å²) in [4.78, 5) is 13.0. The van der Waals surface area contributed by atoms with Crippen LogP contribution in [-0.4, -0.2) is 31.1 Å². The zero-order chi connectivity index (χ0) is 9.97. The van der Waals surface area contributed by atoms with E-state index in [2.05, 4.69) is 12.1 Å². The lowest BCUT2D eigenvalue weighted by Crippen LogP contribution is -2.39. The van der Waals surface area contributed by atoms with E-state index >= 15 is 0 Å². The molecule has 0 unspecified atom stereocenters. The molecule has 1 aromatic carbocycles. The van der Waals surface area contributed by atoms with Gasteiger partial charge in [0.2, 0.25) is 0 Å². The van der Waals surface area contributed by atoms with Gasteiger partial charge in [-0.05, 0) is 12.6 Å². The summed E-state index contributed by atoms with van der Waals surface area (Å²) >= 11 is 0. The summed E-state index contributed by atoms with van der Waals surface area (Å²) in [6, 6.07) is 10.3. The quantitative estimate of drug-likeness (QED) is 0.625. The number of cyclic esters (lactones) is 1. The molecule has 1 aliphatic heterocycles. The normalized spacial score (nSPS) is 23.2. The maximum atomic E-state index is 11.0. The molecule has 14 heavy (non-hydrogen) atoms. The first kappa shape index (κ1) is 9.21. The molecule has 0 amide bonds. The number of hydrogen-bond donors (Lipinski definition) is 0. The Balaban J connectivity index is 2.16. The SMILES string of the molecule is CN1CC(=O)OC[C@@H]1c1ccccc1. The van der Waals surface area contributed by atoms with Gasteiger partial charge in [-0.2, -0.15) is 0 Å². The second-order valence-corrected chi connectivity index (χ2v) is 3.52. The Hall–Kier alpha value is -1.35. The van der Waals surface area contributed by atoms with Gasteiger partial charge in [0, 0.05) is 0 Å². The molecular weight excluding hydrogens is 178 g/mol. The number of carbonyl (C=O) groups excluding carboxylic acids is 1.